The van der Waals surface area contributed by atoms with E-state index >= 15 is 0 Å². The molecule has 11 nitrogen and oxygen atoms in total. The third-order valence-corrected chi connectivity index (χ3v) is 9.94. The summed E-state index contributed by atoms with van der Waals surface area (Å²) in [5.41, 5.74) is 1.59. The van der Waals surface area contributed by atoms with Crippen molar-refractivity contribution in [3.05, 3.63) is 47.3 Å². The molecule has 0 aliphatic carbocycles. The van der Waals surface area contributed by atoms with Crippen molar-refractivity contribution >= 4 is 29.3 Å². The number of carbonyl (C=O) groups is 3. The molecular weight excluding hydrogens is 675 g/mol. The summed E-state index contributed by atoms with van der Waals surface area (Å²) in [5, 5.41) is 11.8. The fraction of sp³-hybridized carbons (Fsp3) is 0.632. The molecule has 2 fully saturated rings. The lowest BCUT2D eigenvalue weighted by atomic mass is 9.91. The maximum atomic E-state index is 14.0. The van der Waals surface area contributed by atoms with Crippen LogP contribution in [0, 0.1) is 17.2 Å². The second-order valence-electron chi connectivity index (χ2n) is 15.0. The first-order valence-electron chi connectivity index (χ1n) is 18.3. The number of benzene rings is 1. The summed E-state index contributed by atoms with van der Waals surface area (Å²) in [6.07, 6.45) is 2.49. The Kier molecular flexibility index (Phi) is 14.4. The minimum absolute atomic E-state index is 0.0185. The number of Topliss-reactive ketones (excluding diaryl/α,β-unsaturated/α-hetero) is 1. The number of hydrogen-bond acceptors (Lipinski definition) is 9. The van der Waals surface area contributed by atoms with Gasteiger partial charge in [-0.3, -0.25) is 9.59 Å². The van der Waals surface area contributed by atoms with E-state index in [-0.39, 0.29) is 29.7 Å². The maximum absolute atomic E-state index is 14.0. The first kappa shape index (κ1) is 40.5. The fourth-order valence-electron chi connectivity index (χ4n) is 7.04. The maximum Gasteiger partial charge on any atom is 0.451 e. The monoisotopic (exact) mass is 728 g/mol. The van der Waals surface area contributed by atoms with Gasteiger partial charge in [0.25, 0.3) is 0 Å². The molecular formula is C38H53F3N7O4+. The van der Waals surface area contributed by atoms with E-state index in [1.807, 2.05) is 17.0 Å². The number of halogens is 3. The molecule has 0 saturated carbocycles. The Morgan fingerprint density at radius 2 is 1.69 bits per heavy atom. The fourth-order valence-corrected chi connectivity index (χ4v) is 7.04. The number of alkyl halides is 3. The number of carbonyl (C=O) groups excluding carboxylic acids is 3. The van der Waals surface area contributed by atoms with E-state index in [2.05, 4.69) is 42.5 Å². The van der Waals surface area contributed by atoms with Gasteiger partial charge in [-0.25, -0.2) is 14.8 Å². The van der Waals surface area contributed by atoms with Gasteiger partial charge in [-0.15, -0.1) is 0 Å². The predicted molar refractivity (Wildman–Crippen MR) is 191 cm³/mol. The van der Waals surface area contributed by atoms with Crippen molar-refractivity contribution in [2.24, 2.45) is 5.92 Å². The van der Waals surface area contributed by atoms with Gasteiger partial charge in [-0.2, -0.15) is 18.4 Å². The highest BCUT2D eigenvalue weighted by Crippen LogP contribution is 2.35. The van der Waals surface area contributed by atoms with Crippen LogP contribution in [0.1, 0.15) is 87.6 Å². The van der Waals surface area contributed by atoms with Crippen molar-refractivity contribution in [2.45, 2.75) is 95.3 Å². The van der Waals surface area contributed by atoms with Gasteiger partial charge >= 0.3 is 12.1 Å². The number of esters is 1. The third kappa shape index (κ3) is 12.2. The Labute approximate surface area is 305 Å². The molecule has 0 spiro atoms. The molecule has 2 aliphatic rings. The minimum Gasteiger partial charge on any atom is -0.467 e. The number of aromatic nitrogens is 2. The van der Waals surface area contributed by atoms with Gasteiger partial charge in [0.2, 0.25) is 11.7 Å². The molecule has 1 aromatic heterocycles. The van der Waals surface area contributed by atoms with Gasteiger partial charge in [0.05, 0.1) is 52.5 Å². The molecule has 1 aromatic carbocycles. The van der Waals surface area contributed by atoms with Crippen LogP contribution in [0.15, 0.2) is 30.3 Å². The van der Waals surface area contributed by atoms with Crippen LogP contribution >= 0.6 is 0 Å². The van der Waals surface area contributed by atoms with E-state index in [1.54, 1.807) is 23.1 Å². The number of hydrogen-bond donors (Lipinski definition) is 1. The lowest BCUT2D eigenvalue weighted by molar-refractivity contribution is -0.870. The van der Waals surface area contributed by atoms with E-state index in [4.69, 9.17) is 10.00 Å². The molecule has 284 valence electrons. The van der Waals surface area contributed by atoms with Crippen LogP contribution in [0.5, 0.6) is 0 Å². The van der Waals surface area contributed by atoms with E-state index < -0.39 is 30.1 Å². The van der Waals surface area contributed by atoms with E-state index in [0.717, 1.165) is 42.3 Å². The number of nitrogens with one attached hydrogen (secondary N) is 1. The summed E-state index contributed by atoms with van der Waals surface area (Å²) in [6.45, 7) is 2.32. The zero-order valence-electron chi connectivity index (χ0n) is 30.9. The molecule has 2 aromatic rings. The summed E-state index contributed by atoms with van der Waals surface area (Å²) >= 11 is 0. The summed E-state index contributed by atoms with van der Waals surface area (Å²) in [5.74, 6) is -1.25. The number of anilines is 2. The molecule has 4 rings (SSSR count). The quantitative estimate of drug-likeness (QED) is 0.167. The molecule has 2 saturated heterocycles. The predicted octanol–water partition coefficient (Wildman–Crippen LogP) is 5.46. The van der Waals surface area contributed by atoms with E-state index in [9.17, 15) is 27.6 Å². The summed E-state index contributed by atoms with van der Waals surface area (Å²) < 4.78 is 47.8. The molecule has 2 aliphatic heterocycles. The molecule has 0 unspecified atom stereocenters. The Morgan fingerprint density at radius 1 is 1.00 bits per heavy atom. The molecule has 0 bridgehead atoms. The molecule has 0 radical (unpaired) electrons. The number of aryl methyl sites for hydroxylation is 1. The van der Waals surface area contributed by atoms with Gasteiger partial charge in [0.15, 0.2) is 5.78 Å². The Morgan fingerprint density at radius 3 is 2.33 bits per heavy atom. The number of nitriles is 1. The van der Waals surface area contributed by atoms with Crippen molar-refractivity contribution < 1.29 is 36.8 Å². The first-order chi connectivity index (χ1) is 24.7. The average Bonchev–Trinajstić information content (AvgIpc) is 3.61. The lowest BCUT2D eigenvalue weighted by Crippen LogP contribution is -2.43. The molecule has 2 atom stereocenters. The molecule has 1 N–H and O–H groups in total. The highest BCUT2D eigenvalue weighted by Gasteiger charge is 2.39. The molecule has 1 amide bonds. The standard InChI is InChI=1S/C38H52F3N7O4/c1-48(2,3)24-8-11-30(36(51)52-4)43-35(50)14-6-10-28-19-22-46(23-20-28)33-25-34(45-37(44-33)38(39,40)41)47-21-7-12-31(47)32(49)13-5-9-27-15-17-29(26-42)18-16-27/h15-18,25,28,30-31H,5-14,19-24H2,1-4H3/p+1/t30-,31-/m0/s1. The Hall–Kier alpha value is -4.25. The number of rotatable bonds is 17. The van der Waals surface area contributed by atoms with Crippen LogP contribution in [0.2, 0.25) is 0 Å². The smallest absolute Gasteiger partial charge is 0.451 e. The van der Waals surface area contributed by atoms with Crippen molar-refractivity contribution in [1.82, 2.24) is 15.3 Å². The van der Waals surface area contributed by atoms with Crippen molar-refractivity contribution in [1.29, 1.82) is 5.26 Å². The lowest BCUT2D eigenvalue weighted by Gasteiger charge is -2.34. The third-order valence-electron chi connectivity index (χ3n) is 9.94. The van der Waals surface area contributed by atoms with Crippen LogP contribution in [0.25, 0.3) is 0 Å². The highest BCUT2D eigenvalue weighted by atomic mass is 19.4. The average molecular weight is 729 g/mol. The Balaban J connectivity index is 1.30. The second kappa shape index (κ2) is 18.5. The highest BCUT2D eigenvalue weighted by molar-refractivity contribution is 5.87. The summed E-state index contributed by atoms with van der Waals surface area (Å²) in [6, 6.07) is 9.66. The van der Waals surface area contributed by atoms with Gasteiger partial charge < -0.3 is 24.3 Å². The normalized spacial score (nSPS) is 17.5. The van der Waals surface area contributed by atoms with Crippen molar-refractivity contribution in [3.8, 4) is 6.07 Å². The molecule has 14 heteroatoms. The van der Waals surface area contributed by atoms with Crippen LogP contribution in [-0.4, -0.2) is 98.6 Å². The summed E-state index contributed by atoms with van der Waals surface area (Å²) in [7, 11) is 7.52. The van der Waals surface area contributed by atoms with Gasteiger partial charge in [0.1, 0.15) is 17.7 Å². The van der Waals surface area contributed by atoms with Gasteiger partial charge in [0, 0.05) is 38.5 Å². The van der Waals surface area contributed by atoms with Crippen LogP contribution in [-0.2, 0) is 31.7 Å². The number of nitrogens with zero attached hydrogens (tertiary/aromatic N) is 6. The number of piperidine rings is 1. The Bertz CT molecular complexity index is 1550. The zero-order chi connectivity index (χ0) is 37.9. The first-order valence-corrected chi connectivity index (χ1v) is 18.3. The van der Waals surface area contributed by atoms with Crippen LogP contribution in [0.3, 0.4) is 0 Å². The van der Waals surface area contributed by atoms with Crippen LogP contribution in [0.4, 0.5) is 24.8 Å². The number of methoxy groups -OCH3 is 1. The largest absolute Gasteiger partial charge is 0.467 e. The number of ketones is 1. The number of quaternary nitrogens is 1. The number of amides is 1. The molecule has 3 heterocycles. The molecule has 52 heavy (non-hydrogen) atoms. The number of ether oxygens (including phenoxy) is 1. The van der Waals surface area contributed by atoms with Gasteiger partial charge in [-0.1, -0.05) is 12.1 Å². The summed E-state index contributed by atoms with van der Waals surface area (Å²) in [4.78, 5) is 49.6. The SMILES string of the molecule is COC(=O)[C@H](CCC[N+](C)(C)C)NC(=O)CCCC1CCN(c2cc(N3CCC[C@H]3C(=O)CCCc3ccc(C#N)cc3)nc(C(F)(F)F)n2)CC1. The van der Waals surface area contributed by atoms with Gasteiger partial charge in [-0.05, 0) is 87.8 Å². The van der Waals surface area contributed by atoms with E-state index in [0.29, 0.717) is 76.1 Å². The topological polar surface area (TPSA) is 129 Å². The van der Waals surface area contributed by atoms with E-state index in [1.165, 1.54) is 7.11 Å². The van der Waals surface area contributed by atoms with Crippen molar-refractivity contribution in [3.63, 3.8) is 0 Å². The van der Waals surface area contributed by atoms with Crippen molar-refractivity contribution in [2.75, 3.05) is 64.2 Å². The second-order valence-corrected chi connectivity index (χ2v) is 15.0. The minimum atomic E-state index is -4.75. The zero-order valence-corrected chi connectivity index (χ0v) is 30.9. The van der Waals surface area contributed by atoms with Crippen LogP contribution < -0.4 is 15.1 Å².